The van der Waals surface area contributed by atoms with E-state index in [2.05, 4.69) is 25.7 Å². The molecule has 10 heteroatoms. The van der Waals surface area contributed by atoms with Crippen LogP contribution in [0.5, 0.6) is 0 Å². The van der Waals surface area contributed by atoms with Crippen LogP contribution in [0, 0.1) is 11.6 Å². The maximum atomic E-state index is 14.3. The Bertz CT molecular complexity index is 983. The van der Waals surface area contributed by atoms with Crippen molar-refractivity contribution in [2.45, 2.75) is 37.8 Å². The molecule has 6 nitrogen and oxygen atoms in total. The minimum absolute atomic E-state index is 0.103. The summed E-state index contributed by atoms with van der Waals surface area (Å²) in [5, 5.41) is 10.9. The Morgan fingerprint density at radius 1 is 1.10 bits per heavy atom. The normalized spacial score (nSPS) is 19.6. The number of nitrogens with one attached hydrogen (secondary N) is 2. The predicted molar refractivity (Wildman–Crippen MR) is 105 cm³/mol. The van der Waals surface area contributed by atoms with Crippen molar-refractivity contribution < 1.29 is 13.2 Å². The fraction of sp³-hybridized carbons (Fsp3) is 0.421. The number of hydrogen-bond acceptors (Lipinski definition) is 5. The van der Waals surface area contributed by atoms with E-state index < -0.39 is 11.6 Å². The third-order valence-corrected chi connectivity index (χ3v) is 5.36. The molecule has 2 N–H and O–H groups in total. The summed E-state index contributed by atoms with van der Waals surface area (Å²) < 4.78 is 42.2. The number of nitrogens with zero attached hydrogens (tertiary/aromatic N) is 4. The van der Waals surface area contributed by atoms with Crippen molar-refractivity contribution in [1.29, 1.82) is 0 Å². The van der Waals surface area contributed by atoms with Gasteiger partial charge in [-0.05, 0) is 37.8 Å². The van der Waals surface area contributed by atoms with E-state index in [1.165, 1.54) is 16.8 Å². The fourth-order valence-corrected chi connectivity index (χ4v) is 3.83. The minimum Gasteiger partial charge on any atom is -0.364 e. The molecular weight excluding hydrogens is 405 g/mol. The number of halogens is 4. The third kappa shape index (κ3) is 4.16. The Kier molecular flexibility index (Phi) is 5.86. The molecule has 0 bridgehead atoms. The standard InChI is InChI=1S/C19H20ClF3N6/c20-15-10-25-19-18(26-12-6-4-11(5-7-12)24-9-8-21)27-17(28-29(15)19)16-13(22)2-1-3-14(16)23/h1-3,10-12,24H,4-9H2,(H,26,27,28). The molecule has 0 radical (unpaired) electrons. The highest BCUT2D eigenvalue weighted by Gasteiger charge is 2.24. The molecule has 1 aliphatic rings. The quantitative estimate of drug-likeness (QED) is 0.626. The van der Waals surface area contributed by atoms with Crippen molar-refractivity contribution in [1.82, 2.24) is 24.9 Å². The molecule has 1 aromatic carbocycles. The molecule has 1 aliphatic carbocycles. The summed E-state index contributed by atoms with van der Waals surface area (Å²) in [6.45, 7) is -0.0213. The lowest BCUT2D eigenvalue weighted by atomic mass is 9.91. The molecule has 154 valence electrons. The number of imidazole rings is 1. The Morgan fingerprint density at radius 2 is 1.79 bits per heavy atom. The number of benzene rings is 1. The van der Waals surface area contributed by atoms with E-state index in [9.17, 15) is 13.2 Å². The first-order valence-corrected chi connectivity index (χ1v) is 9.86. The minimum atomic E-state index is -0.758. The Hall–Kier alpha value is -2.39. The van der Waals surface area contributed by atoms with Crippen LogP contribution in [0.3, 0.4) is 0 Å². The van der Waals surface area contributed by atoms with E-state index in [4.69, 9.17) is 11.6 Å². The molecule has 3 aromatic rings. The number of alkyl halides is 1. The smallest absolute Gasteiger partial charge is 0.198 e. The number of aromatic nitrogens is 4. The molecule has 2 aromatic heterocycles. The van der Waals surface area contributed by atoms with E-state index in [1.807, 2.05) is 0 Å². The monoisotopic (exact) mass is 424 g/mol. The van der Waals surface area contributed by atoms with Crippen molar-refractivity contribution in [2.75, 3.05) is 18.5 Å². The van der Waals surface area contributed by atoms with Crippen LogP contribution in [0.25, 0.3) is 17.0 Å². The van der Waals surface area contributed by atoms with Crippen molar-refractivity contribution >= 4 is 23.1 Å². The number of hydrogen-bond donors (Lipinski definition) is 2. The number of rotatable bonds is 6. The molecular formula is C19H20ClF3N6. The highest BCUT2D eigenvalue weighted by Crippen LogP contribution is 2.28. The molecule has 2 heterocycles. The van der Waals surface area contributed by atoms with E-state index in [0.717, 1.165) is 37.8 Å². The molecule has 4 rings (SSSR count). The van der Waals surface area contributed by atoms with Crippen LogP contribution in [0.1, 0.15) is 25.7 Å². The van der Waals surface area contributed by atoms with Gasteiger partial charge in [0.05, 0.1) is 11.8 Å². The van der Waals surface area contributed by atoms with Crippen LogP contribution in [0.15, 0.2) is 24.4 Å². The van der Waals surface area contributed by atoms with Gasteiger partial charge in [-0.3, -0.25) is 0 Å². The van der Waals surface area contributed by atoms with Crippen LogP contribution in [-0.4, -0.2) is 44.9 Å². The zero-order valence-electron chi connectivity index (χ0n) is 15.5. The summed E-state index contributed by atoms with van der Waals surface area (Å²) in [5.74, 6) is -1.27. The lowest BCUT2D eigenvalue weighted by Gasteiger charge is -2.30. The highest BCUT2D eigenvalue weighted by molar-refractivity contribution is 6.29. The average Bonchev–Trinajstić information content (AvgIpc) is 3.09. The fourth-order valence-electron chi connectivity index (χ4n) is 3.66. The molecule has 0 atom stereocenters. The molecule has 0 saturated heterocycles. The largest absolute Gasteiger partial charge is 0.364 e. The first-order valence-electron chi connectivity index (χ1n) is 9.48. The molecule has 29 heavy (non-hydrogen) atoms. The molecule has 0 spiro atoms. The van der Waals surface area contributed by atoms with Crippen LogP contribution < -0.4 is 10.6 Å². The zero-order chi connectivity index (χ0) is 20.4. The van der Waals surface area contributed by atoms with Gasteiger partial charge in [-0.1, -0.05) is 17.7 Å². The highest BCUT2D eigenvalue weighted by atomic mass is 35.5. The summed E-state index contributed by atoms with van der Waals surface area (Å²) in [4.78, 5) is 8.58. The molecule has 0 unspecified atom stereocenters. The van der Waals surface area contributed by atoms with Crippen molar-refractivity contribution in [3.05, 3.63) is 41.2 Å². The summed E-state index contributed by atoms with van der Waals surface area (Å²) >= 11 is 6.15. The van der Waals surface area contributed by atoms with Gasteiger partial charge < -0.3 is 10.6 Å². The van der Waals surface area contributed by atoms with Gasteiger partial charge in [0.1, 0.15) is 18.3 Å². The second kappa shape index (κ2) is 8.54. The van der Waals surface area contributed by atoms with Gasteiger partial charge in [-0.15, -0.1) is 5.10 Å². The van der Waals surface area contributed by atoms with E-state index in [-0.39, 0.29) is 35.3 Å². The number of fused-ring (bicyclic) bond motifs is 1. The van der Waals surface area contributed by atoms with Crippen LogP contribution in [0.2, 0.25) is 5.15 Å². The van der Waals surface area contributed by atoms with Gasteiger partial charge in [0.25, 0.3) is 0 Å². The lowest BCUT2D eigenvalue weighted by Crippen LogP contribution is -2.38. The van der Waals surface area contributed by atoms with Crippen LogP contribution in [-0.2, 0) is 0 Å². The summed E-state index contributed by atoms with van der Waals surface area (Å²) in [7, 11) is 0. The van der Waals surface area contributed by atoms with Gasteiger partial charge in [0, 0.05) is 18.6 Å². The van der Waals surface area contributed by atoms with Gasteiger partial charge in [-0.25, -0.2) is 23.1 Å². The lowest BCUT2D eigenvalue weighted by molar-refractivity contribution is 0.339. The second-order valence-corrected chi connectivity index (χ2v) is 7.42. The first kappa shape index (κ1) is 19.9. The third-order valence-electron chi connectivity index (χ3n) is 5.10. The summed E-state index contributed by atoms with van der Waals surface area (Å²) in [5.41, 5.74) is 0.0644. The van der Waals surface area contributed by atoms with Crippen molar-refractivity contribution in [3.63, 3.8) is 0 Å². The predicted octanol–water partition coefficient (Wildman–Crippen LogP) is 4.01. The van der Waals surface area contributed by atoms with Crippen LogP contribution >= 0.6 is 11.6 Å². The summed E-state index contributed by atoms with van der Waals surface area (Å²) in [6, 6.07) is 3.98. The second-order valence-electron chi connectivity index (χ2n) is 7.03. The average molecular weight is 425 g/mol. The molecule has 0 aliphatic heterocycles. The number of anilines is 1. The van der Waals surface area contributed by atoms with Gasteiger partial charge in [-0.2, -0.15) is 4.52 Å². The molecule has 1 fully saturated rings. The van der Waals surface area contributed by atoms with Gasteiger partial charge in [0.2, 0.25) is 0 Å². The topological polar surface area (TPSA) is 67.1 Å². The van der Waals surface area contributed by atoms with E-state index in [1.54, 1.807) is 0 Å². The van der Waals surface area contributed by atoms with Gasteiger partial charge >= 0.3 is 0 Å². The molecule has 1 saturated carbocycles. The maximum absolute atomic E-state index is 14.3. The molecule has 0 amide bonds. The van der Waals surface area contributed by atoms with Gasteiger partial charge in [0.15, 0.2) is 22.4 Å². The van der Waals surface area contributed by atoms with Crippen molar-refractivity contribution in [3.8, 4) is 11.4 Å². The maximum Gasteiger partial charge on any atom is 0.198 e. The van der Waals surface area contributed by atoms with Crippen molar-refractivity contribution in [2.24, 2.45) is 0 Å². The first-order chi connectivity index (χ1) is 14.1. The Labute approximate surface area is 170 Å². The Morgan fingerprint density at radius 3 is 2.48 bits per heavy atom. The summed E-state index contributed by atoms with van der Waals surface area (Å²) in [6.07, 6.45) is 4.89. The van der Waals surface area contributed by atoms with E-state index in [0.29, 0.717) is 18.0 Å². The van der Waals surface area contributed by atoms with Crippen LogP contribution in [0.4, 0.5) is 19.0 Å². The SMILES string of the molecule is FCCNC1CCC(Nc2nc(-c3c(F)cccc3F)nn3c(Cl)cnc23)CC1. The zero-order valence-corrected chi connectivity index (χ0v) is 16.3. The Balaban J connectivity index is 1.63. The van der Waals surface area contributed by atoms with E-state index >= 15 is 0 Å².